The molecule has 0 aliphatic heterocycles. The first-order valence-electron chi connectivity index (χ1n) is 12.5. The summed E-state index contributed by atoms with van der Waals surface area (Å²) >= 11 is 0. The highest BCUT2D eigenvalue weighted by atomic mass is 16.4. The Morgan fingerprint density at radius 3 is 2.39 bits per heavy atom. The van der Waals surface area contributed by atoms with Crippen molar-refractivity contribution in [1.82, 2.24) is 0 Å². The molecule has 0 heterocycles. The number of carbonyl (C=O) groups is 3. The van der Waals surface area contributed by atoms with E-state index in [4.69, 9.17) is 0 Å². The van der Waals surface area contributed by atoms with Crippen LogP contribution in [0.25, 0.3) is 5.76 Å². The van der Waals surface area contributed by atoms with E-state index in [2.05, 4.69) is 0 Å². The first-order valence-corrected chi connectivity index (χ1v) is 12.5. The maximum absolute atomic E-state index is 13.5. The minimum absolute atomic E-state index is 0.00654. The van der Waals surface area contributed by atoms with Crippen LogP contribution in [0, 0.1) is 17.8 Å². The standard InChI is InChI=1S/C27H30O9/c28-17-10-13(7-6-12-4-2-1-3-5-12)22(30)20-16(17)9-14-8-15-11-18(29)21(26(34)35)25(33)27(15,36)24(32)19(14)23(20)31/h10,12,14-15,28,30-31,33,36H,1-9,11H2,(H,34,35). The Morgan fingerprint density at radius 2 is 1.72 bits per heavy atom. The topological polar surface area (TPSA) is 173 Å². The maximum atomic E-state index is 13.5. The quantitative estimate of drug-likeness (QED) is 0.269. The molecule has 2 saturated carbocycles. The molecule has 4 aliphatic rings. The Balaban J connectivity index is 1.56. The third-order valence-corrected chi connectivity index (χ3v) is 8.63. The van der Waals surface area contributed by atoms with Crippen molar-refractivity contribution in [2.45, 2.75) is 69.8 Å². The number of aryl methyl sites for hydroxylation is 1. The Morgan fingerprint density at radius 1 is 1.03 bits per heavy atom. The monoisotopic (exact) mass is 498 g/mol. The normalized spacial score (nSPS) is 28.6. The van der Waals surface area contributed by atoms with E-state index in [0.717, 1.165) is 19.3 Å². The van der Waals surface area contributed by atoms with Gasteiger partial charge in [-0.3, -0.25) is 9.59 Å². The van der Waals surface area contributed by atoms with Gasteiger partial charge in [-0.15, -0.1) is 0 Å². The zero-order chi connectivity index (χ0) is 25.9. The third-order valence-electron chi connectivity index (χ3n) is 8.63. The van der Waals surface area contributed by atoms with E-state index < -0.39 is 58.5 Å². The van der Waals surface area contributed by atoms with Gasteiger partial charge in [-0.05, 0) is 49.1 Å². The minimum Gasteiger partial charge on any atom is -0.508 e. The fourth-order valence-corrected chi connectivity index (χ4v) is 6.72. The molecule has 5 rings (SSSR count). The smallest absolute Gasteiger partial charge is 0.342 e. The number of benzene rings is 1. The number of phenols is 2. The number of rotatable bonds is 4. The molecule has 3 unspecified atom stereocenters. The van der Waals surface area contributed by atoms with Crippen molar-refractivity contribution >= 4 is 23.3 Å². The molecule has 1 aromatic carbocycles. The van der Waals surface area contributed by atoms with Crippen LogP contribution >= 0.6 is 0 Å². The van der Waals surface area contributed by atoms with Crippen LogP contribution in [0.2, 0.25) is 0 Å². The van der Waals surface area contributed by atoms with E-state index >= 15 is 0 Å². The molecule has 9 nitrogen and oxygen atoms in total. The summed E-state index contributed by atoms with van der Waals surface area (Å²) in [6.45, 7) is 0. The summed E-state index contributed by atoms with van der Waals surface area (Å²) in [5.41, 5.74) is -3.32. The highest BCUT2D eigenvalue weighted by Crippen LogP contribution is 2.53. The number of aliphatic carboxylic acids is 1. The van der Waals surface area contributed by atoms with Gasteiger partial charge in [-0.2, -0.15) is 0 Å². The van der Waals surface area contributed by atoms with Gasteiger partial charge in [-0.1, -0.05) is 32.1 Å². The van der Waals surface area contributed by atoms with Crippen molar-refractivity contribution in [1.29, 1.82) is 0 Å². The second-order valence-electron chi connectivity index (χ2n) is 10.6. The van der Waals surface area contributed by atoms with E-state index in [1.54, 1.807) is 0 Å². The Labute approximate surface area is 207 Å². The Kier molecular flexibility index (Phi) is 5.86. The number of ketones is 2. The summed E-state index contributed by atoms with van der Waals surface area (Å²) < 4.78 is 0. The number of phenolic OH excluding ortho intramolecular Hbond substituents is 2. The Bertz CT molecular complexity index is 1230. The fraction of sp³-hybridized carbons (Fsp3) is 0.519. The molecule has 1 aromatic rings. The fourth-order valence-electron chi connectivity index (χ4n) is 6.72. The van der Waals surface area contributed by atoms with Crippen molar-refractivity contribution < 1.29 is 45.0 Å². The summed E-state index contributed by atoms with van der Waals surface area (Å²) in [7, 11) is 0. The van der Waals surface area contributed by atoms with Crippen LogP contribution in [-0.2, 0) is 27.2 Å². The lowest BCUT2D eigenvalue weighted by Crippen LogP contribution is -2.58. The lowest BCUT2D eigenvalue weighted by atomic mass is 9.59. The number of carboxylic acids is 1. The van der Waals surface area contributed by atoms with Gasteiger partial charge in [0.05, 0.1) is 5.56 Å². The van der Waals surface area contributed by atoms with E-state index in [1.807, 2.05) is 0 Å². The minimum atomic E-state index is -2.67. The predicted octanol–water partition coefficient (Wildman–Crippen LogP) is 3.24. The van der Waals surface area contributed by atoms with Crippen molar-refractivity contribution in [3.05, 3.63) is 39.7 Å². The average Bonchev–Trinajstić information content (AvgIpc) is 2.83. The van der Waals surface area contributed by atoms with E-state index in [-0.39, 0.29) is 41.0 Å². The van der Waals surface area contributed by atoms with E-state index in [1.165, 1.54) is 25.3 Å². The first kappa shape index (κ1) is 24.4. The molecular formula is C27H30O9. The zero-order valence-corrected chi connectivity index (χ0v) is 19.8. The molecule has 192 valence electrons. The first-order chi connectivity index (χ1) is 17.1. The number of aromatic hydroxyl groups is 2. The molecule has 6 N–H and O–H groups in total. The number of hydrogen-bond donors (Lipinski definition) is 6. The van der Waals surface area contributed by atoms with Gasteiger partial charge in [0.25, 0.3) is 0 Å². The Hall–Kier alpha value is -3.33. The van der Waals surface area contributed by atoms with Crippen LogP contribution in [0.15, 0.2) is 23.0 Å². The number of aliphatic hydroxyl groups is 3. The highest BCUT2D eigenvalue weighted by molar-refractivity contribution is 6.21. The van der Waals surface area contributed by atoms with Crippen molar-refractivity contribution in [3.8, 4) is 11.5 Å². The molecular weight excluding hydrogens is 468 g/mol. The van der Waals surface area contributed by atoms with Crippen LogP contribution < -0.4 is 0 Å². The number of Topliss-reactive ketones (excluding diaryl/α,β-unsaturated/α-hetero) is 2. The summed E-state index contributed by atoms with van der Waals surface area (Å²) in [5.74, 6) is -7.19. The van der Waals surface area contributed by atoms with Gasteiger partial charge in [0.15, 0.2) is 17.1 Å². The number of carboxylic acid groups (broad SMARTS) is 1. The van der Waals surface area contributed by atoms with Gasteiger partial charge in [0.2, 0.25) is 5.78 Å². The lowest BCUT2D eigenvalue weighted by Gasteiger charge is -2.46. The van der Waals surface area contributed by atoms with Gasteiger partial charge < -0.3 is 30.6 Å². The van der Waals surface area contributed by atoms with Crippen molar-refractivity contribution in [3.63, 3.8) is 0 Å². The molecule has 9 heteroatoms. The molecule has 2 fully saturated rings. The van der Waals surface area contributed by atoms with E-state index in [9.17, 15) is 45.0 Å². The van der Waals surface area contributed by atoms with Crippen LogP contribution in [0.5, 0.6) is 11.5 Å². The average molecular weight is 499 g/mol. The summed E-state index contributed by atoms with van der Waals surface area (Å²) in [4.78, 5) is 37.4. The second kappa shape index (κ2) is 8.65. The summed E-state index contributed by atoms with van der Waals surface area (Å²) in [6.07, 6.45) is 6.69. The van der Waals surface area contributed by atoms with Crippen molar-refractivity contribution in [2.75, 3.05) is 0 Å². The van der Waals surface area contributed by atoms with E-state index in [0.29, 0.717) is 17.9 Å². The van der Waals surface area contributed by atoms with Crippen LogP contribution in [-0.4, -0.2) is 53.8 Å². The zero-order valence-electron chi connectivity index (χ0n) is 19.8. The molecule has 4 aliphatic carbocycles. The number of carbonyl (C=O) groups excluding carboxylic acids is 2. The lowest BCUT2D eigenvalue weighted by molar-refractivity contribution is -0.149. The van der Waals surface area contributed by atoms with Gasteiger partial charge >= 0.3 is 5.97 Å². The predicted molar refractivity (Wildman–Crippen MR) is 126 cm³/mol. The molecule has 0 bridgehead atoms. The number of fused-ring (bicyclic) bond motifs is 3. The van der Waals surface area contributed by atoms with Gasteiger partial charge in [0, 0.05) is 23.5 Å². The summed E-state index contributed by atoms with van der Waals surface area (Å²) in [6, 6.07) is 1.49. The van der Waals surface area contributed by atoms with Crippen LogP contribution in [0.1, 0.15) is 68.1 Å². The van der Waals surface area contributed by atoms with Gasteiger partial charge in [-0.25, -0.2) is 4.79 Å². The molecule has 0 aromatic heterocycles. The highest BCUT2D eigenvalue weighted by Gasteiger charge is 2.60. The van der Waals surface area contributed by atoms with Crippen molar-refractivity contribution in [2.24, 2.45) is 17.8 Å². The van der Waals surface area contributed by atoms with Crippen LogP contribution in [0.3, 0.4) is 0 Å². The molecule has 0 saturated heterocycles. The maximum Gasteiger partial charge on any atom is 0.342 e. The second-order valence-corrected chi connectivity index (χ2v) is 10.6. The van der Waals surface area contributed by atoms with Crippen LogP contribution in [0.4, 0.5) is 0 Å². The number of aliphatic hydroxyl groups excluding tert-OH is 2. The number of hydrogen-bond acceptors (Lipinski definition) is 8. The van der Waals surface area contributed by atoms with Gasteiger partial charge in [0.1, 0.15) is 22.8 Å². The third kappa shape index (κ3) is 3.51. The molecule has 0 radical (unpaired) electrons. The molecule has 0 amide bonds. The largest absolute Gasteiger partial charge is 0.508 e. The SMILES string of the molecule is O=C(O)C1=C(O)C2(O)C(=O)C3=C(O)c4c(O)c(CCC5CCCCC5)cc(O)c4CC3CC2CC1=O. The summed E-state index contributed by atoms with van der Waals surface area (Å²) in [5, 5.41) is 64.2. The molecule has 36 heavy (non-hydrogen) atoms. The molecule has 3 atom stereocenters. The molecule has 0 spiro atoms.